The molecule has 26 heavy (non-hydrogen) atoms. The third-order valence-electron chi connectivity index (χ3n) is 4.25. The Morgan fingerprint density at radius 2 is 2.04 bits per heavy atom. The van der Waals surface area contributed by atoms with Gasteiger partial charge in [-0.2, -0.15) is 0 Å². The fourth-order valence-electron chi connectivity index (χ4n) is 2.94. The molecule has 9 nitrogen and oxygen atoms in total. The van der Waals surface area contributed by atoms with Crippen molar-refractivity contribution in [3.05, 3.63) is 6.20 Å². The molecule has 0 aliphatic carbocycles. The zero-order valence-corrected chi connectivity index (χ0v) is 16.2. The second-order valence-electron chi connectivity index (χ2n) is 6.05. The third-order valence-corrected chi connectivity index (χ3v) is 5.20. The Bertz CT molecular complexity index is 753. The van der Waals surface area contributed by atoms with Gasteiger partial charge in [-0.05, 0) is 12.8 Å². The van der Waals surface area contributed by atoms with Crippen LogP contribution in [0.3, 0.4) is 0 Å². The van der Waals surface area contributed by atoms with Gasteiger partial charge in [-0.25, -0.2) is 0 Å². The number of ether oxygens (including phenoxy) is 2. The molecule has 0 atom stereocenters. The van der Waals surface area contributed by atoms with E-state index >= 15 is 0 Å². The minimum Gasteiger partial charge on any atom is -0.479 e. The van der Waals surface area contributed by atoms with Crippen LogP contribution in [0.5, 0.6) is 5.88 Å². The van der Waals surface area contributed by atoms with Crippen LogP contribution in [0, 0.1) is 0 Å². The molecule has 0 aromatic carbocycles. The quantitative estimate of drug-likeness (QED) is 0.633. The normalized spacial score (nSPS) is 14.2. The maximum absolute atomic E-state index is 12.3. The lowest BCUT2D eigenvalue weighted by atomic mass is 10.3. The summed E-state index contributed by atoms with van der Waals surface area (Å²) in [6.07, 6.45) is 4.02. The molecule has 1 aliphatic heterocycles. The number of carbonyl (C=O) groups is 1. The van der Waals surface area contributed by atoms with Gasteiger partial charge in [-0.1, -0.05) is 11.8 Å². The van der Waals surface area contributed by atoms with E-state index in [-0.39, 0.29) is 5.91 Å². The number of aryl methyl sites for hydroxylation is 1. The molecule has 3 rings (SSSR count). The Balaban J connectivity index is 1.81. The highest BCUT2D eigenvalue weighted by atomic mass is 32.2. The average molecular weight is 380 g/mol. The van der Waals surface area contributed by atoms with Crippen molar-refractivity contribution in [1.29, 1.82) is 0 Å². The molecular weight excluding hydrogens is 356 g/mol. The fraction of sp³-hybridized carbons (Fsp3) is 0.625. The number of hydrogen-bond acceptors (Lipinski definition) is 7. The fourth-order valence-corrected chi connectivity index (χ4v) is 3.80. The predicted molar refractivity (Wildman–Crippen MR) is 97.2 cm³/mol. The van der Waals surface area contributed by atoms with E-state index < -0.39 is 0 Å². The summed E-state index contributed by atoms with van der Waals surface area (Å²) < 4.78 is 14.2. The van der Waals surface area contributed by atoms with Gasteiger partial charge in [0.2, 0.25) is 11.8 Å². The molecule has 0 N–H and O–H groups in total. The summed E-state index contributed by atoms with van der Waals surface area (Å²) >= 11 is 1.40. The monoisotopic (exact) mass is 380 g/mol. The standard InChI is InChI=1S/C16H24N6O3S/c1-20-10-12(15(19-20)25-3)14-17-18-16(22(14)8-9-24-2)26-11-13(23)21-6-4-5-7-21/h10H,4-9,11H2,1-3H3. The summed E-state index contributed by atoms with van der Waals surface area (Å²) in [5, 5.41) is 13.6. The summed E-state index contributed by atoms with van der Waals surface area (Å²) in [5.41, 5.74) is 0.760. The summed E-state index contributed by atoms with van der Waals surface area (Å²) in [7, 11) is 5.05. The molecule has 2 aromatic heterocycles. The van der Waals surface area contributed by atoms with Gasteiger partial charge in [0.05, 0.1) is 26.0 Å². The molecule has 0 unspecified atom stereocenters. The number of hydrogen-bond donors (Lipinski definition) is 0. The Labute approximate surface area is 156 Å². The maximum atomic E-state index is 12.3. The average Bonchev–Trinajstić information content (AvgIpc) is 3.37. The van der Waals surface area contributed by atoms with Gasteiger partial charge in [-0.3, -0.25) is 14.0 Å². The van der Waals surface area contributed by atoms with Crippen molar-refractivity contribution in [3.8, 4) is 17.3 Å². The van der Waals surface area contributed by atoms with Gasteiger partial charge in [-0.15, -0.1) is 15.3 Å². The molecule has 142 valence electrons. The number of nitrogens with zero attached hydrogens (tertiary/aromatic N) is 6. The SMILES string of the molecule is COCCn1c(SCC(=O)N2CCCC2)nnc1-c1cn(C)nc1OC. The number of methoxy groups -OCH3 is 2. The number of aromatic nitrogens is 5. The highest BCUT2D eigenvalue weighted by Gasteiger charge is 2.22. The van der Waals surface area contributed by atoms with Crippen LogP contribution < -0.4 is 4.74 Å². The Morgan fingerprint density at radius 1 is 1.27 bits per heavy atom. The van der Waals surface area contributed by atoms with Gasteiger partial charge >= 0.3 is 0 Å². The van der Waals surface area contributed by atoms with Crippen LogP contribution in [0.1, 0.15) is 12.8 Å². The molecule has 1 amide bonds. The van der Waals surface area contributed by atoms with Gasteiger partial charge in [0.15, 0.2) is 11.0 Å². The van der Waals surface area contributed by atoms with E-state index in [1.807, 2.05) is 22.7 Å². The zero-order chi connectivity index (χ0) is 18.5. The predicted octanol–water partition coefficient (Wildman–Crippen LogP) is 1.05. The minimum absolute atomic E-state index is 0.147. The van der Waals surface area contributed by atoms with Crippen LogP contribution in [-0.2, 0) is 23.1 Å². The third kappa shape index (κ3) is 4.01. The van der Waals surface area contributed by atoms with Crippen LogP contribution in [0.15, 0.2) is 11.4 Å². The molecule has 0 bridgehead atoms. The first kappa shape index (κ1) is 18.7. The van der Waals surface area contributed by atoms with Crippen LogP contribution in [0.2, 0.25) is 0 Å². The van der Waals surface area contributed by atoms with E-state index in [1.54, 1.807) is 18.9 Å². The first-order valence-corrected chi connectivity index (χ1v) is 9.53. The molecule has 0 radical (unpaired) electrons. The Morgan fingerprint density at radius 3 is 2.73 bits per heavy atom. The summed E-state index contributed by atoms with van der Waals surface area (Å²) in [6.45, 7) is 2.81. The lowest BCUT2D eigenvalue weighted by Gasteiger charge is -2.15. The molecule has 1 aliphatic rings. The number of thioether (sulfide) groups is 1. The Hall–Kier alpha value is -2.07. The summed E-state index contributed by atoms with van der Waals surface area (Å²) in [4.78, 5) is 14.2. The molecule has 2 aromatic rings. The molecule has 10 heteroatoms. The molecule has 0 saturated carbocycles. The lowest BCUT2D eigenvalue weighted by Crippen LogP contribution is -2.29. The smallest absolute Gasteiger partial charge is 0.243 e. The van der Waals surface area contributed by atoms with E-state index in [2.05, 4.69) is 15.3 Å². The topological polar surface area (TPSA) is 87.3 Å². The van der Waals surface area contributed by atoms with E-state index in [9.17, 15) is 4.79 Å². The number of rotatable bonds is 8. The van der Waals surface area contributed by atoms with Crippen molar-refractivity contribution < 1.29 is 14.3 Å². The van der Waals surface area contributed by atoms with Crippen molar-refractivity contribution in [2.24, 2.45) is 7.05 Å². The number of likely N-dealkylation sites (tertiary alicyclic amines) is 1. The first-order valence-electron chi connectivity index (χ1n) is 8.54. The Kier molecular flexibility index (Phi) is 6.15. The second-order valence-corrected chi connectivity index (χ2v) is 7.00. The van der Waals surface area contributed by atoms with Crippen LogP contribution in [0.25, 0.3) is 11.4 Å². The van der Waals surface area contributed by atoms with Crippen molar-refractivity contribution in [2.45, 2.75) is 24.5 Å². The van der Waals surface area contributed by atoms with Crippen molar-refractivity contribution in [1.82, 2.24) is 29.4 Å². The first-order chi connectivity index (χ1) is 12.6. The highest BCUT2D eigenvalue weighted by molar-refractivity contribution is 7.99. The maximum Gasteiger partial charge on any atom is 0.243 e. The zero-order valence-electron chi connectivity index (χ0n) is 15.3. The van der Waals surface area contributed by atoms with Crippen LogP contribution >= 0.6 is 11.8 Å². The largest absolute Gasteiger partial charge is 0.479 e. The van der Waals surface area contributed by atoms with E-state index in [0.717, 1.165) is 31.5 Å². The molecule has 3 heterocycles. The minimum atomic E-state index is 0.147. The molecule has 1 fully saturated rings. The van der Waals surface area contributed by atoms with Crippen molar-refractivity contribution in [3.63, 3.8) is 0 Å². The van der Waals surface area contributed by atoms with Gasteiger partial charge in [0.25, 0.3) is 0 Å². The van der Waals surface area contributed by atoms with Crippen LogP contribution in [-0.4, -0.2) is 75.0 Å². The highest BCUT2D eigenvalue weighted by Crippen LogP contribution is 2.30. The van der Waals surface area contributed by atoms with Crippen molar-refractivity contribution >= 4 is 17.7 Å². The molecule has 0 spiro atoms. The van der Waals surface area contributed by atoms with Gasteiger partial charge < -0.3 is 14.4 Å². The summed E-state index contributed by atoms with van der Waals surface area (Å²) in [5.74, 6) is 1.65. The van der Waals surface area contributed by atoms with E-state index in [1.165, 1.54) is 11.8 Å². The number of amides is 1. The van der Waals surface area contributed by atoms with Gasteiger partial charge in [0.1, 0.15) is 5.56 Å². The van der Waals surface area contributed by atoms with Gasteiger partial charge in [0, 0.05) is 33.4 Å². The number of carbonyl (C=O) groups excluding carboxylic acids is 1. The summed E-state index contributed by atoms with van der Waals surface area (Å²) in [6, 6.07) is 0. The van der Waals surface area contributed by atoms with E-state index in [4.69, 9.17) is 9.47 Å². The van der Waals surface area contributed by atoms with E-state index in [0.29, 0.717) is 35.8 Å². The second kappa shape index (κ2) is 8.54. The molecular formula is C16H24N6O3S. The lowest BCUT2D eigenvalue weighted by molar-refractivity contribution is -0.127. The van der Waals surface area contributed by atoms with Crippen LogP contribution in [0.4, 0.5) is 0 Å². The molecule has 1 saturated heterocycles. The van der Waals surface area contributed by atoms with Crippen molar-refractivity contribution in [2.75, 3.05) is 39.7 Å².